The Hall–Kier alpha value is -6.82. The maximum atomic E-state index is 10.6. The van der Waals surface area contributed by atoms with Crippen LogP contribution in [-0.4, -0.2) is 4.57 Å². The minimum atomic E-state index is -0.712. The third-order valence-corrected chi connectivity index (χ3v) is 10.6. The number of aromatic nitrogens is 1. The molecule has 2 atom stereocenters. The van der Waals surface area contributed by atoms with E-state index in [0.29, 0.717) is 5.56 Å². The highest BCUT2D eigenvalue weighted by Gasteiger charge is 2.42. The fraction of sp³-hybridized carbons (Fsp3) is 0.0667. The standard InChI is InChI=1S/C45H27N3O2/c1-45(48-38-11-4-2-8-32(38)33-9-3-5-12-39(33)48)31(26-47)7-6-10-37(45)30-18-21-41-36(24-30)43-42(49-41)22-19-34-35-23-29(17-20-40(35)50-44(34)43)28-15-13-27(25-46)14-16-28/h2-24,31H,1H3. The average Bonchev–Trinajstić information content (AvgIpc) is 3.84. The van der Waals surface area contributed by atoms with Crippen molar-refractivity contribution in [1.82, 2.24) is 4.57 Å². The van der Waals surface area contributed by atoms with Crippen LogP contribution in [0.3, 0.4) is 0 Å². The number of fused-ring (bicyclic) bond motifs is 10. The van der Waals surface area contributed by atoms with E-state index in [-0.39, 0.29) is 0 Å². The molecule has 0 radical (unpaired) electrons. The van der Waals surface area contributed by atoms with Gasteiger partial charge in [-0.25, -0.2) is 0 Å². The summed E-state index contributed by atoms with van der Waals surface area (Å²) in [5, 5.41) is 26.1. The predicted molar refractivity (Wildman–Crippen MR) is 200 cm³/mol. The van der Waals surface area contributed by atoms with Crippen molar-refractivity contribution in [3.05, 3.63) is 151 Å². The van der Waals surface area contributed by atoms with E-state index < -0.39 is 11.5 Å². The Morgan fingerprint density at radius 2 is 1.26 bits per heavy atom. The maximum Gasteiger partial charge on any atom is 0.147 e. The molecule has 0 aliphatic heterocycles. The molecule has 2 unspecified atom stereocenters. The highest BCUT2D eigenvalue weighted by atomic mass is 16.3. The van der Waals surface area contributed by atoms with Crippen LogP contribution in [0.1, 0.15) is 18.1 Å². The first kappa shape index (κ1) is 28.2. The minimum absolute atomic E-state index is 0.411. The van der Waals surface area contributed by atoms with Crippen molar-refractivity contribution in [1.29, 1.82) is 10.5 Å². The second kappa shape index (κ2) is 10.3. The largest absolute Gasteiger partial charge is 0.456 e. The number of nitriles is 2. The van der Waals surface area contributed by atoms with Gasteiger partial charge < -0.3 is 13.4 Å². The summed E-state index contributed by atoms with van der Waals surface area (Å²) in [7, 11) is 0. The zero-order chi connectivity index (χ0) is 33.6. The highest BCUT2D eigenvalue weighted by Crippen LogP contribution is 2.49. The molecule has 0 saturated heterocycles. The van der Waals surface area contributed by atoms with E-state index in [1.807, 2.05) is 54.6 Å². The van der Waals surface area contributed by atoms with Gasteiger partial charge in [0, 0.05) is 38.0 Å². The van der Waals surface area contributed by atoms with Gasteiger partial charge in [-0.05, 0) is 89.9 Å². The molecule has 10 rings (SSSR count). The summed E-state index contributed by atoms with van der Waals surface area (Å²) in [5.41, 5.74) is 9.39. The van der Waals surface area contributed by atoms with Crippen molar-refractivity contribution in [3.8, 4) is 23.3 Å². The molecule has 1 aliphatic rings. The Kier molecular flexibility index (Phi) is 5.83. The molecule has 9 aromatic rings. The zero-order valence-electron chi connectivity index (χ0n) is 27.0. The average molecular weight is 642 g/mol. The summed E-state index contributed by atoms with van der Waals surface area (Å²) in [5.74, 6) is -0.411. The Morgan fingerprint density at radius 3 is 1.98 bits per heavy atom. The van der Waals surface area contributed by atoms with Gasteiger partial charge in [-0.3, -0.25) is 0 Å². The van der Waals surface area contributed by atoms with Crippen molar-refractivity contribution in [2.75, 3.05) is 0 Å². The minimum Gasteiger partial charge on any atom is -0.456 e. The molecule has 3 aromatic heterocycles. The number of para-hydroxylation sites is 2. The van der Waals surface area contributed by atoms with E-state index in [0.717, 1.165) is 77.2 Å². The molecule has 0 N–H and O–H groups in total. The first-order valence-corrected chi connectivity index (χ1v) is 16.7. The molecular formula is C45H27N3O2. The van der Waals surface area contributed by atoms with E-state index in [4.69, 9.17) is 8.83 Å². The quantitative estimate of drug-likeness (QED) is 0.192. The van der Waals surface area contributed by atoms with Crippen LogP contribution in [0.5, 0.6) is 0 Å². The molecule has 0 spiro atoms. The fourth-order valence-corrected chi connectivity index (χ4v) is 8.21. The molecule has 1 aliphatic carbocycles. The SMILES string of the molecule is CC1(n2c3ccccc3c3ccccc32)C(c2ccc3oc4ccc5c6cc(-c7ccc(C#N)cc7)ccc6oc5c4c3c2)=CC=CC1C#N. The molecule has 3 heterocycles. The Morgan fingerprint density at radius 1 is 0.620 bits per heavy atom. The molecule has 234 valence electrons. The molecule has 6 aromatic carbocycles. The smallest absolute Gasteiger partial charge is 0.147 e. The summed E-state index contributed by atoms with van der Waals surface area (Å²) in [4.78, 5) is 0. The second-order valence-electron chi connectivity index (χ2n) is 13.2. The lowest BCUT2D eigenvalue weighted by molar-refractivity contribution is 0.389. The molecule has 0 fully saturated rings. The van der Waals surface area contributed by atoms with Gasteiger partial charge in [-0.1, -0.05) is 78.9 Å². The number of hydrogen-bond donors (Lipinski definition) is 0. The van der Waals surface area contributed by atoms with Gasteiger partial charge in [0.1, 0.15) is 22.3 Å². The van der Waals surface area contributed by atoms with Crippen LogP contribution in [-0.2, 0) is 5.54 Å². The Bertz CT molecular complexity index is 2970. The number of furan rings is 2. The van der Waals surface area contributed by atoms with Crippen molar-refractivity contribution in [3.63, 3.8) is 0 Å². The van der Waals surface area contributed by atoms with Gasteiger partial charge in [-0.15, -0.1) is 0 Å². The molecular weight excluding hydrogens is 615 g/mol. The van der Waals surface area contributed by atoms with Gasteiger partial charge in [0.05, 0.1) is 34.5 Å². The van der Waals surface area contributed by atoms with Crippen LogP contribution < -0.4 is 0 Å². The van der Waals surface area contributed by atoms with Crippen molar-refractivity contribution >= 4 is 71.3 Å². The highest BCUT2D eigenvalue weighted by molar-refractivity contribution is 6.22. The van der Waals surface area contributed by atoms with Gasteiger partial charge in [0.15, 0.2) is 0 Å². The van der Waals surface area contributed by atoms with Crippen molar-refractivity contribution in [2.24, 2.45) is 5.92 Å². The summed E-state index contributed by atoms with van der Waals surface area (Å²) < 4.78 is 15.4. The molecule has 5 heteroatoms. The maximum absolute atomic E-state index is 10.6. The summed E-state index contributed by atoms with van der Waals surface area (Å²) >= 11 is 0. The Labute approximate surface area is 286 Å². The van der Waals surface area contributed by atoms with E-state index in [1.54, 1.807) is 0 Å². The first-order chi connectivity index (χ1) is 24.6. The molecule has 50 heavy (non-hydrogen) atoms. The molecule has 5 nitrogen and oxygen atoms in total. The summed E-state index contributed by atoms with van der Waals surface area (Å²) in [6, 6.07) is 46.1. The van der Waals surface area contributed by atoms with Gasteiger partial charge >= 0.3 is 0 Å². The molecule has 0 bridgehead atoms. The monoisotopic (exact) mass is 641 g/mol. The van der Waals surface area contributed by atoms with Crippen molar-refractivity contribution < 1.29 is 8.83 Å². The lowest BCUT2D eigenvalue weighted by atomic mass is 9.73. The van der Waals surface area contributed by atoms with Crippen LogP contribution in [0, 0.1) is 28.6 Å². The topological polar surface area (TPSA) is 78.8 Å². The normalized spacial score (nSPS) is 17.6. The Balaban J connectivity index is 1.19. The molecule has 0 saturated carbocycles. The van der Waals surface area contributed by atoms with E-state index >= 15 is 0 Å². The lowest BCUT2D eigenvalue weighted by Gasteiger charge is -2.40. The predicted octanol–water partition coefficient (Wildman–Crippen LogP) is 11.6. The van der Waals surface area contributed by atoms with Crippen LogP contribution in [0.25, 0.3) is 82.4 Å². The number of allylic oxidation sites excluding steroid dienone is 4. The van der Waals surface area contributed by atoms with Gasteiger partial charge in [-0.2, -0.15) is 10.5 Å². The van der Waals surface area contributed by atoms with E-state index in [1.165, 1.54) is 10.8 Å². The second-order valence-corrected chi connectivity index (χ2v) is 13.2. The summed E-state index contributed by atoms with van der Waals surface area (Å²) in [6.07, 6.45) is 6.19. The number of nitrogens with zero attached hydrogens (tertiary/aromatic N) is 3. The summed E-state index contributed by atoms with van der Waals surface area (Å²) in [6.45, 7) is 2.19. The lowest BCUT2D eigenvalue weighted by Crippen LogP contribution is -2.39. The van der Waals surface area contributed by atoms with Crippen LogP contribution in [0.2, 0.25) is 0 Å². The molecule has 0 amide bonds. The third kappa shape index (κ3) is 3.81. The zero-order valence-corrected chi connectivity index (χ0v) is 27.0. The number of hydrogen-bond acceptors (Lipinski definition) is 4. The van der Waals surface area contributed by atoms with Crippen LogP contribution >= 0.6 is 0 Å². The van der Waals surface area contributed by atoms with Gasteiger partial charge in [0.25, 0.3) is 0 Å². The first-order valence-electron chi connectivity index (χ1n) is 16.7. The third-order valence-electron chi connectivity index (χ3n) is 10.6. The fourth-order valence-electron chi connectivity index (χ4n) is 8.21. The van der Waals surface area contributed by atoms with E-state index in [9.17, 15) is 10.5 Å². The number of rotatable bonds is 3. The van der Waals surface area contributed by atoms with E-state index in [2.05, 4.69) is 109 Å². The van der Waals surface area contributed by atoms with Crippen LogP contribution in [0.15, 0.2) is 148 Å². The number of benzene rings is 6. The van der Waals surface area contributed by atoms with Crippen LogP contribution in [0.4, 0.5) is 0 Å². The van der Waals surface area contributed by atoms with Gasteiger partial charge in [0.2, 0.25) is 0 Å². The van der Waals surface area contributed by atoms with Crippen molar-refractivity contribution in [2.45, 2.75) is 12.5 Å².